The molecule has 1 aliphatic heterocycles. The molecule has 0 saturated carbocycles. The molecule has 164 valence electrons. The molecular weight excluding hydrogens is 487 g/mol. The number of primary amides is 1. The Balaban J connectivity index is 1.88. The van der Waals surface area contributed by atoms with Gasteiger partial charge in [0.15, 0.2) is 0 Å². The molecule has 2 aromatic carbocycles. The molecule has 1 aromatic heterocycles. The van der Waals surface area contributed by atoms with Crippen LogP contribution in [0.5, 0.6) is 0 Å². The minimum absolute atomic E-state index is 0.273. The van der Waals surface area contributed by atoms with Gasteiger partial charge in [-0.2, -0.15) is 0 Å². The number of benzene rings is 2. The average molecular weight is 505 g/mol. The number of halogens is 2. The lowest BCUT2D eigenvalue weighted by Crippen LogP contribution is -2.17. The molecule has 0 unspecified atom stereocenters. The third kappa shape index (κ3) is 4.71. The number of nitrogens with two attached hydrogens (primary N) is 1. The maximum Gasteiger partial charge on any atom is 0.338 e. The van der Waals surface area contributed by atoms with Crippen molar-refractivity contribution >= 4 is 69.6 Å². The van der Waals surface area contributed by atoms with E-state index in [0.29, 0.717) is 38.5 Å². The number of esters is 1. The summed E-state index contributed by atoms with van der Waals surface area (Å²) in [7, 11) is 0. The van der Waals surface area contributed by atoms with Gasteiger partial charge in [-0.3, -0.25) is 4.79 Å². The zero-order valence-corrected chi connectivity index (χ0v) is 20.1. The molecule has 0 radical (unpaired) electrons. The Morgan fingerprint density at radius 3 is 2.59 bits per heavy atom. The third-order valence-corrected chi connectivity index (χ3v) is 7.32. The summed E-state index contributed by atoms with van der Waals surface area (Å²) < 4.78 is 5.93. The number of unbranched alkanes of at least 4 members (excludes halogenated alkanes) is 1. The molecule has 0 saturated heterocycles. The van der Waals surface area contributed by atoms with E-state index in [1.54, 1.807) is 30.3 Å². The van der Waals surface area contributed by atoms with Crippen LogP contribution in [-0.4, -0.2) is 24.2 Å². The minimum atomic E-state index is -0.606. The molecule has 2 heterocycles. The summed E-state index contributed by atoms with van der Waals surface area (Å²) >= 11 is 15.2. The Morgan fingerprint density at radius 1 is 1.09 bits per heavy atom. The Morgan fingerprint density at radius 2 is 1.91 bits per heavy atom. The number of thiophene rings is 1. The van der Waals surface area contributed by atoms with Gasteiger partial charge in [0.25, 0.3) is 0 Å². The first-order valence-electron chi connectivity index (χ1n) is 9.84. The molecule has 2 N–H and O–H groups in total. The standard InChI is InChI=1S/C23H18Cl2N2O3S2/c1-2-3-8-30-23(29)12-4-5-16-15(9-12)27-21(17-6-7-19(25)32-17)20-14(22(26)28)10-13(24)11-18(20)31-16/h4-7,9-11H,2-3,8H2,1H3,(H2,26,28). The predicted molar refractivity (Wildman–Crippen MR) is 130 cm³/mol. The molecule has 32 heavy (non-hydrogen) atoms. The SMILES string of the molecule is CCCCOC(=O)c1ccc2c(c1)N=C(c1ccc(Cl)s1)c1c(cc(Cl)cc1C(N)=O)S2. The lowest BCUT2D eigenvalue weighted by Gasteiger charge is -2.12. The number of carbonyl (C=O) groups is 2. The number of nitrogens with zero attached hydrogens (tertiary/aromatic N) is 1. The second kappa shape index (κ2) is 9.67. The summed E-state index contributed by atoms with van der Waals surface area (Å²) in [6.45, 7) is 2.40. The van der Waals surface area contributed by atoms with Crippen LogP contribution in [0.2, 0.25) is 9.36 Å². The third-order valence-electron chi connectivity index (χ3n) is 4.75. The minimum Gasteiger partial charge on any atom is -0.462 e. The van der Waals surface area contributed by atoms with E-state index in [9.17, 15) is 9.59 Å². The molecule has 0 atom stereocenters. The monoisotopic (exact) mass is 504 g/mol. The Bertz CT molecular complexity index is 1250. The fraction of sp³-hybridized carbons (Fsp3) is 0.174. The zero-order chi connectivity index (χ0) is 22.8. The maximum atomic E-state index is 12.5. The van der Waals surface area contributed by atoms with Gasteiger partial charge in [0, 0.05) is 20.4 Å². The van der Waals surface area contributed by atoms with Crippen LogP contribution in [0.25, 0.3) is 0 Å². The van der Waals surface area contributed by atoms with E-state index in [2.05, 4.69) is 0 Å². The fourth-order valence-electron chi connectivity index (χ4n) is 3.23. The average Bonchev–Trinajstić information content (AvgIpc) is 3.11. The van der Waals surface area contributed by atoms with Gasteiger partial charge in [-0.25, -0.2) is 9.79 Å². The molecule has 1 amide bonds. The van der Waals surface area contributed by atoms with Crippen molar-refractivity contribution < 1.29 is 14.3 Å². The van der Waals surface area contributed by atoms with Gasteiger partial charge in [-0.1, -0.05) is 48.3 Å². The Labute approximate surface area is 203 Å². The van der Waals surface area contributed by atoms with E-state index >= 15 is 0 Å². The molecule has 4 rings (SSSR count). The molecule has 0 bridgehead atoms. The summed E-state index contributed by atoms with van der Waals surface area (Å²) in [5.74, 6) is -1.00. The highest BCUT2D eigenvalue weighted by atomic mass is 35.5. The van der Waals surface area contributed by atoms with Crippen molar-refractivity contribution in [2.24, 2.45) is 10.7 Å². The first-order chi connectivity index (χ1) is 15.4. The summed E-state index contributed by atoms with van der Waals surface area (Å²) in [6.07, 6.45) is 1.74. The molecule has 0 fully saturated rings. The van der Waals surface area contributed by atoms with Crippen molar-refractivity contribution in [3.63, 3.8) is 0 Å². The van der Waals surface area contributed by atoms with Crippen LogP contribution in [0, 0.1) is 0 Å². The highest BCUT2D eigenvalue weighted by Gasteiger charge is 2.26. The molecule has 0 spiro atoms. The van der Waals surface area contributed by atoms with Crippen molar-refractivity contribution in [3.8, 4) is 0 Å². The first-order valence-corrected chi connectivity index (χ1v) is 12.2. The van der Waals surface area contributed by atoms with Crippen LogP contribution in [-0.2, 0) is 4.74 Å². The van der Waals surface area contributed by atoms with Gasteiger partial charge >= 0.3 is 5.97 Å². The van der Waals surface area contributed by atoms with Gasteiger partial charge in [-0.15, -0.1) is 11.3 Å². The van der Waals surface area contributed by atoms with Crippen LogP contribution >= 0.6 is 46.3 Å². The number of aliphatic imine (C=N–C) groups is 1. The largest absolute Gasteiger partial charge is 0.462 e. The van der Waals surface area contributed by atoms with Crippen LogP contribution in [0.4, 0.5) is 5.69 Å². The van der Waals surface area contributed by atoms with Crippen LogP contribution < -0.4 is 5.73 Å². The number of fused-ring (bicyclic) bond motifs is 2. The predicted octanol–water partition coefficient (Wildman–Crippen LogP) is 6.74. The number of hydrogen-bond donors (Lipinski definition) is 1. The van der Waals surface area contributed by atoms with Crippen molar-refractivity contribution in [1.29, 1.82) is 0 Å². The normalized spacial score (nSPS) is 12.4. The molecule has 9 heteroatoms. The van der Waals surface area contributed by atoms with Crippen LogP contribution in [0.3, 0.4) is 0 Å². The zero-order valence-electron chi connectivity index (χ0n) is 17.0. The number of carbonyl (C=O) groups excluding carboxylic acids is 2. The highest BCUT2D eigenvalue weighted by Crippen LogP contribution is 2.44. The van der Waals surface area contributed by atoms with E-state index in [4.69, 9.17) is 38.7 Å². The molecule has 5 nitrogen and oxygen atoms in total. The highest BCUT2D eigenvalue weighted by molar-refractivity contribution is 7.99. The molecule has 1 aliphatic rings. The van der Waals surface area contributed by atoms with Crippen molar-refractivity contribution in [3.05, 3.63) is 73.4 Å². The Kier molecular flexibility index (Phi) is 6.90. The van der Waals surface area contributed by atoms with Crippen LogP contribution in [0.1, 0.15) is 50.9 Å². The van der Waals surface area contributed by atoms with E-state index in [1.807, 2.05) is 19.1 Å². The second-order valence-electron chi connectivity index (χ2n) is 7.03. The lowest BCUT2D eigenvalue weighted by molar-refractivity contribution is 0.0499. The molecule has 3 aromatic rings. The van der Waals surface area contributed by atoms with E-state index in [-0.39, 0.29) is 5.56 Å². The maximum absolute atomic E-state index is 12.5. The van der Waals surface area contributed by atoms with Crippen molar-refractivity contribution in [1.82, 2.24) is 0 Å². The Hall–Kier alpha value is -2.32. The van der Waals surface area contributed by atoms with Gasteiger partial charge in [-0.05, 0) is 48.9 Å². The first kappa shape index (κ1) is 22.9. The van der Waals surface area contributed by atoms with Crippen molar-refractivity contribution in [2.45, 2.75) is 29.6 Å². The summed E-state index contributed by atoms with van der Waals surface area (Å²) in [4.78, 5) is 31.9. The van der Waals surface area contributed by atoms with E-state index < -0.39 is 11.9 Å². The topological polar surface area (TPSA) is 81.8 Å². The quantitative estimate of drug-likeness (QED) is 0.232. The van der Waals surface area contributed by atoms with Crippen LogP contribution in [0.15, 0.2) is 57.2 Å². The number of hydrogen-bond acceptors (Lipinski definition) is 6. The summed E-state index contributed by atoms with van der Waals surface area (Å²) in [5.41, 5.74) is 8.09. The number of amides is 1. The number of ether oxygens (including phenoxy) is 1. The summed E-state index contributed by atoms with van der Waals surface area (Å²) in [6, 6.07) is 12.2. The van der Waals surface area contributed by atoms with E-state index in [0.717, 1.165) is 27.5 Å². The van der Waals surface area contributed by atoms with Gasteiger partial charge in [0.05, 0.1) is 38.3 Å². The van der Waals surface area contributed by atoms with E-state index in [1.165, 1.54) is 23.1 Å². The molecular formula is C23H18Cl2N2O3S2. The smallest absolute Gasteiger partial charge is 0.338 e. The molecule has 0 aliphatic carbocycles. The second-order valence-corrected chi connectivity index (χ2v) is 10.3. The van der Waals surface area contributed by atoms with Gasteiger partial charge in [0.1, 0.15) is 0 Å². The van der Waals surface area contributed by atoms with Gasteiger partial charge in [0.2, 0.25) is 5.91 Å². The summed E-state index contributed by atoms with van der Waals surface area (Å²) in [5, 5.41) is 0.396. The van der Waals surface area contributed by atoms with Gasteiger partial charge < -0.3 is 10.5 Å². The lowest BCUT2D eigenvalue weighted by atomic mass is 10.0. The van der Waals surface area contributed by atoms with Crippen molar-refractivity contribution in [2.75, 3.05) is 6.61 Å². The number of rotatable bonds is 6. The fourth-order valence-corrected chi connectivity index (χ4v) is 5.62.